The molecule has 36 heavy (non-hydrogen) atoms. The van der Waals surface area contributed by atoms with E-state index in [2.05, 4.69) is 69.7 Å². The van der Waals surface area contributed by atoms with E-state index >= 15 is 0 Å². The third-order valence-electron chi connectivity index (χ3n) is 8.83. The van der Waals surface area contributed by atoms with Gasteiger partial charge in [-0.15, -0.1) is 0 Å². The highest BCUT2D eigenvalue weighted by Crippen LogP contribution is 2.49. The van der Waals surface area contributed by atoms with E-state index in [1.807, 2.05) is 6.07 Å². The number of urea groups is 1. The number of amides is 3. The smallest absolute Gasteiger partial charge is 0.321 e. The summed E-state index contributed by atoms with van der Waals surface area (Å²) in [5, 5.41) is 10.8. The topological polar surface area (TPSA) is 81.7 Å². The first-order chi connectivity index (χ1) is 17.4. The van der Waals surface area contributed by atoms with Gasteiger partial charge in [-0.25, -0.2) is 4.79 Å². The maximum atomic E-state index is 13.7. The first-order valence-electron chi connectivity index (χ1n) is 13.2. The first-order valence-corrected chi connectivity index (χ1v) is 13.2. The molecule has 0 unspecified atom stereocenters. The molecule has 192 valence electrons. The van der Waals surface area contributed by atoms with Gasteiger partial charge in [0, 0.05) is 24.8 Å². The molecule has 2 aliphatic carbocycles. The Labute approximate surface area is 214 Å². The van der Waals surface area contributed by atoms with Crippen molar-refractivity contribution in [2.75, 3.05) is 33.7 Å². The predicted octanol–water partition coefficient (Wildman–Crippen LogP) is 3.40. The van der Waals surface area contributed by atoms with Gasteiger partial charge < -0.3 is 15.1 Å². The molecule has 8 heteroatoms. The Balaban J connectivity index is 1.30. The third kappa shape index (κ3) is 4.71. The van der Waals surface area contributed by atoms with Gasteiger partial charge in [-0.2, -0.15) is 10.2 Å². The van der Waals surface area contributed by atoms with E-state index in [0.717, 1.165) is 32.2 Å². The van der Waals surface area contributed by atoms with Gasteiger partial charge in [0.25, 0.3) is 0 Å². The van der Waals surface area contributed by atoms with Crippen LogP contribution >= 0.6 is 0 Å². The largest absolute Gasteiger partial charge is 0.349 e. The molecule has 1 aliphatic heterocycles. The molecule has 2 heterocycles. The fourth-order valence-corrected chi connectivity index (χ4v) is 6.36. The van der Waals surface area contributed by atoms with Crippen LogP contribution in [0.2, 0.25) is 0 Å². The van der Waals surface area contributed by atoms with E-state index in [-0.39, 0.29) is 29.6 Å². The van der Waals surface area contributed by atoms with Crippen molar-refractivity contribution in [3.8, 4) is 0 Å². The van der Waals surface area contributed by atoms with Gasteiger partial charge in [-0.05, 0) is 76.2 Å². The lowest BCUT2D eigenvalue weighted by molar-refractivity contribution is -0.121. The number of nitrogens with one attached hydrogen (secondary N) is 1. The lowest BCUT2D eigenvalue weighted by atomic mass is 9.68. The molecule has 1 spiro atoms. The summed E-state index contributed by atoms with van der Waals surface area (Å²) in [5.41, 5.74) is 1.82. The van der Waals surface area contributed by atoms with Crippen molar-refractivity contribution in [3.05, 3.63) is 59.9 Å². The molecule has 3 amide bonds. The fraction of sp³-hybridized carbons (Fsp3) is 0.571. The zero-order valence-electron chi connectivity index (χ0n) is 21.5. The molecule has 0 atom stereocenters. The minimum absolute atomic E-state index is 0.0219. The number of hydrogen-bond donors (Lipinski definition) is 1. The van der Waals surface area contributed by atoms with Crippen LogP contribution in [0.15, 0.2) is 48.7 Å². The van der Waals surface area contributed by atoms with Crippen molar-refractivity contribution in [1.29, 1.82) is 0 Å². The van der Waals surface area contributed by atoms with Crippen LogP contribution in [0.3, 0.4) is 0 Å². The highest BCUT2D eigenvalue weighted by atomic mass is 16.2. The van der Waals surface area contributed by atoms with E-state index in [0.29, 0.717) is 24.7 Å². The van der Waals surface area contributed by atoms with Crippen LogP contribution in [-0.2, 0) is 16.9 Å². The summed E-state index contributed by atoms with van der Waals surface area (Å²) >= 11 is 0. The Morgan fingerprint density at radius 3 is 2.44 bits per heavy atom. The summed E-state index contributed by atoms with van der Waals surface area (Å²) in [7, 11) is 4.34. The second kappa shape index (κ2) is 10.2. The molecule has 1 aromatic carbocycles. The van der Waals surface area contributed by atoms with Crippen LogP contribution in [0, 0.1) is 5.92 Å². The molecule has 0 bridgehead atoms. The molecule has 3 fully saturated rings. The summed E-state index contributed by atoms with van der Waals surface area (Å²) in [6.07, 6.45) is 9.13. The standard InChI is InChI=1S/C28H38N6O2/c1-32(2)28(23-10-4-3-5-11-23)15-13-27(14-16-28)21-33(26(36)34(27)19-22-8-6-9-22)20-25(35)29-18-24-12-7-17-30-31-24/h3-5,7,10-12,17,22H,6,8-9,13-16,18-21H2,1-2H3,(H,29,35)/t27-,28+. The molecule has 3 aliphatic rings. The highest BCUT2D eigenvalue weighted by molar-refractivity contribution is 5.86. The minimum Gasteiger partial charge on any atom is -0.349 e. The van der Waals surface area contributed by atoms with Crippen molar-refractivity contribution in [1.82, 2.24) is 30.2 Å². The van der Waals surface area contributed by atoms with E-state index in [1.165, 1.54) is 24.8 Å². The SMILES string of the molecule is CN(C)[C@]1(c2ccccc2)CC[C@]2(CC1)CN(CC(=O)NCc1cccnn1)C(=O)N2CC1CCC1. The number of benzene rings is 1. The molecule has 2 aromatic rings. The van der Waals surface area contributed by atoms with E-state index < -0.39 is 0 Å². The summed E-state index contributed by atoms with van der Waals surface area (Å²) in [6.45, 7) is 1.83. The van der Waals surface area contributed by atoms with Crippen LogP contribution < -0.4 is 5.32 Å². The quantitative estimate of drug-likeness (QED) is 0.613. The van der Waals surface area contributed by atoms with Gasteiger partial charge in [-0.1, -0.05) is 36.8 Å². The van der Waals surface area contributed by atoms with E-state index in [9.17, 15) is 9.59 Å². The number of aromatic nitrogens is 2. The Morgan fingerprint density at radius 2 is 1.83 bits per heavy atom. The molecule has 8 nitrogen and oxygen atoms in total. The van der Waals surface area contributed by atoms with Crippen LogP contribution in [0.25, 0.3) is 0 Å². The normalized spacial score (nSPS) is 26.5. The van der Waals surface area contributed by atoms with Gasteiger partial charge >= 0.3 is 6.03 Å². The van der Waals surface area contributed by atoms with Gasteiger partial charge in [0.2, 0.25) is 5.91 Å². The lowest BCUT2D eigenvalue weighted by Gasteiger charge is -2.51. The Bertz CT molecular complexity index is 1050. The maximum absolute atomic E-state index is 13.7. The molecule has 1 aromatic heterocycles. The van der Waals surface area contributed by atoms with Crippen molar-refractivity contribution in [2.24, 2.45) is 5.92 Å². The summed E-state index contributed by atoms with van der Waals surface area (Å²) in [6, 6.07) is 14.4. The van der Waals surface area contributed by atoms with Crippen molar-refractivity contribution < 1.29 is 9.59 Å². The van der Waals surface area contributed by atoms with Crippen molar-refractivity contribution in [2.45, 2.75) is 62.6 Å². The molecule has 1 N–H and O–H groups in total. The zero-order chi connectivity index (χ0) is 25.2. The van der Waals surface area contributed by atoms with Gasteiger partial charge in [0.05, 0.1) is 17.8 Å². The van der Waals surface area contributed by atoms with Crippen LogP contribution in [0.1, 0.15) is 56.2 Å². The average molecular weight is 491 g/mol. The molecule has 1 saturated heterocycles. The number of hydrogen-bond acceptors (Lipinski definition) is 5. The predicted molar refractivity (Wildman–Crippen MR) is 138 cm³/mol. The number of carbonyl (C=O) groups excluding carboxylic acids is 2. The zero-order valence-corrected chi connectivity index (χ0v) is 21.5. The minimum atomic E-state index is -0.202. The van der Waals surface area contributed by atoms with Crippen LogP contribution in [0.5, 0.6) is 0 Å². The van der Waals surface area contributed by atoms with Crippen LogP contribution in [-0.4, -0.2) is 76.1 Å². The monoisotopic (exact) mass is 490 g/mol. The third-order valence-corrected chi connectivity index (χ3v) is 8.83. The van der Waals surface area contributed by atoms with Crippen molar-refractivity contribution in [3.63, 3.8) is 0 Å². The number of rotatable bonds is 8. The summed E-state index contributed by atoms with van der Waals surface area (Å²) in [4.78, 5) is 32.7. The number of nitrogens with zero attached hydrogens (tertiary/aromatic N) is 5. The Morgan fingerprint density at radius 1 is 1.08 bits per heavy atom. The summed E-state index contributed by atoms with van der Waals surface area (Å²) in [5.74, 6) is 0.434. The van der Waals surface area contributed by atoms with Gasteiger partial charge in [0.1, 0.15) is 6.54 Å². The second-order valence-electron chi connectivity index (χ2n) is 11.1. The molecule has 0 radical (unpaired) electrons. The van der Waals surface area contributed by atoms with Crippen LogP contribution in [0.4, 0.5) is 4.79 Å². The second-order valence-corrected chi connectivity index (χ2v) is 11.1. The highest BCUT2D eigenvalue weighted by Gasteiger charge is 2.55. The van der Waals surface area contributed by atoms with E-state index in [1.54, 1.807) is 17.2 Å². The summed E-state index contributed by atoms with van der Waals surface area (Å²) < 4.78 is 0. The Hall–Kier alpha value is -3.00. The van der Waals surface area contributed by atoms with Gasteiger partial charge in [0.15, 0.2) is 0 Å². The Kier molecular flexibility index (Phi) is 6.97. The van der Waals surface area contributed by atoms with Gasteiger partial charge in [-0.3, -0.25) is 9.69 Å². The molecular formula is C28H38N6O2. The van der Waals surface area contributed by atoms with Crippen molar-refractivity contribution >= 4 is 11.9 Å². The fourth-order valence-electron chi connectivity index (χ4n) is 6.36. The van der Waals surface area contributed by atoms with E-state index in [4.69, 9.17) is 0 Å². The maximum Gasteiger partial charge on any atom is 0.321 e. The first kappa shape index (κ1) is 24.7. The lowest BCUT2D eigenvalue weighted by Crippen LogP contribution is -2.56. The molecule has 5 rings (SSSR count). The number of carbonyl (C=O) groups is 2. The average Bonchev–Trinajstić information content (AvgIpc) is 3.11. The molecular weight excluding hydrogens is 452 g/mol. The molecule has 2 saturated carbocycles.